The minimum Gasteiger partial charge on any atom is -0.481 e. The maximum Gasteiger partial charge on any atom is 0.341 e. The first-order valence-corrected chi connectivity index (χ1v) is 10.4. The number of carboxylic acids is 1. The van der Waals surface area contributed by atoms with Gasteiger partial charge in [0.05, 0.1) is 15.9 Å². The molecule has 2 amide bonds. The summed E-state index contributed by atoms with van der Waals surface area (Å²) in [5.74, 6) is -1.05. The maximum atomic E-state index is 12.7. The van der Waals surface area contributed by atoms with Crippen molar-refractivity contribution in [2.45, 2.75) is 6.54 Å². The standard InChI is InChI=1S/C19H13Br2NO5S/c20-13-4-2-1-3-12(13)9-22-18(25)16(28-19(22)26)8-11-5-6-15(14(21)7-11)27-10-17(23)24/h1-8H,9-10H2,(H,23,24)/b16-8-. The predicted octanol–water partition coefficient (Wildman–Crippen LogP) is 4.91. The van der Waals surface area contributed by atoms with E-state index >= 15 is 0 Å². The number of benzene rings is 2. The number of carboxylic acid groups (broad SMARTS) is 1. The van der Waals surface area contributed by atoms with Gasteiger partial charge < -0.3 is 9.84 Å². The number of rotatable bonds is 6. The summed E-state index contributed by atoms with van der Waals surface area (Å²) >= 11 is 7.63. The first-order chi connectivity index (χ1) is 13.3. The summed E-state index contributed by atoms with van der Waals surface area (Å²) in [7, 11) is 0. The summed E-state index contributed by atoms with van der Waals surface area (Å²) in [4.78, 5) is 37.1. The number of halogens is 2. The summed E-state index contributed by atoms with van der Waals surface area (Å²) in [6, 6.07) is 12.4. The van der Waals surface area contributed by atoms with Crippen LogP contribution in [0.25, 0.3) is 6.08 Å². The Morgan fingerprint density at radius 2 is 1.89 bits per heavy atom. The summed E-state index contributed by atoms with van der Waals surface area (Å²) in [5.41, 5.74) is 1.52. The monoisotopic (exact) mass is 525 g/mol. The van der Waals surface area contributed by atoms with Crippen molar-refractivity contribution in [3.05, 3.63) is 67.4 Å². The van der Waals surface area contributed by atoms with E-state index < -0.39 is 12.6 Å². The van der Waals surface area contributed by atoms with E-state index in [0.717, 1.165) is 21.8 Å². The molecular formula is C19H13Br2NO5S. The molecule has 1 aliphatic heterocycles. The van der Waals surface area contributed by atoms with E-state index in [1.54, 1.807) is 24.3 Å². The molecule has 0 aromatic heterocycles. The van der Waals surface area contributed by atoms with Crippen LogP contribution in [0.2, 0.25) is 0 Å². The molecule has 0 unspecified atom stereocenters. The fourth-order valence-electron chi connectivity index (χ4n) is 2.45. The van der Waals surface area contributed by atoms with Gasteiger partial charge in [-0.3, -0.25) is 14.5 Å². The third-order valence-electron chi connectivity index (χ3n) is 3.76. The topological polar surface area (TPSA) is 83.9 Å². The van der Waals surface area contributed by atoms with Crippen LogP contribution in [0.3, 0.4) is 0 Å². The van der Waals surface area contributed by atoms with Crippen molar-refractivity contribution in [2.24, 2.45) is 0 Å². The number of imide groups is 1. The molecule has 1 saturated heterocycles. The van der Waals surface area contributed by atoms with Crippen molar-refractivity contribution in [2.75, 3.05) is 6.61 Å². The Balaban J connectivity index is 1.77. The van der Waals surface area contributed by atoms with Crippen LogP contribution in [-0.2, 0) is 16.1 Å². The van der Waals surface area contributed by atoms with Gasteiger partial charge in [0.15, 0.2) is 6.61 Å². The highest BCUT2D eigenvalue weighted by molar-refractivity contribution is 9.10. The van der Waals surface area contributed by atoms with Gasteiger partial charge in [-0.15, -0.1) is 0 Å². The molecule has 1 N–H and O–H groups in total. The molecular weight excluding hydrogens is 514 g/mol. The Morgan fingerprint density at radius 1 is 1.14 bits per heavy atom. The summed E-state index contributed by atoms with van der Waals surface area (Å²) in [6.07, 6.45) is 1.62. The van der Waals surface area contributed by atoms with Gasteiger partial charge in [-0.1, -0.05) is 40.2 Å². The van der Waals surface area contributed by atoms with Crippen LogP contribution in [0, 0.1) is 0 Å². The number of hydrogen-bond acceptors (Lipinski definition) is 5. The van der Waals surface area contributed by atoms with Crippen LogP contribution in [0.4, 0.5) is 4.79 Å². The lowest BCUT2D eigenvalue weighted by Gasteiger charge is -2.13. The number of ether oxygens (including phenoxy) is 1. The molecule has 3 rings (SSSR count). The molecule has 0 bridgehead atoms. The van der Waals surface area contributed by atoms with E-state index in [4.69, 9.17) is 9.84 Å². The molecule has 144 valence electrons. The third-order valence-corrected chi connectivity index (χ3v) is 6.07. The smallest absolute Gasteiger partial charge is 0.341 e. The Kier molecular flexibility index (Phi) is 6.58. The van der Waals surface area contributed by atoms with Crippen LogP contribution in [0.5, 0.6) is 5.75 Å². The Bertz CT molecular complexity index is 992. The van der Waals surface area contributed by atoms with Crippen molar-refractivity contribution in [1.82, 2.24) is 4.90 Å². The van der Waals surface area contributed by atoms with Gasteiger partial charge in [-0.25, -0.2) is 4.79 Å². The molecule has 1 heterocycles. The van der Waals surface area contributed by atoms with Gasteiger partial charge in [0.25, 0.3) is 11.1 Å². The van der Waals surface area contributed by atoms with Gasteiger partial charge >= 0.3 is 5.97 Å². The molecule has 2 aromatic carbocycles. The fraction of sp³-hybridized carbons (Fsp3) is 0.105. The molecule has 9 heteroatoms. The van der Waals surface area contributed by atoms with E-state index in [9.17, 15) is 14.4 Å². The predicted molar refractivity (Wildman–Crippen MR) is 113 cm³/mol. The summed E-state index contributed by atoms with van der Waals surface area (Å²) < 4.78 is 6.53. The Morgan fingerprint density at radius 3 is 2.57 bits per heavy atom. The number of aliphatic carboxylic acids is 1. The largest absolute Gasteiger partial charge is 0.481 e. The van der Waals surface area contributed by atoms with E-state index in [-0.39, 0.29) is 17.7 Å². The van der Waals surface area contributed by atoms with Crippen LogP contribution in [0.1, 0.15) is 11.1 Å². The summed E-state index contributed by atoms with van der Waals surface area (Å²) in [5, 5.41) is 8.36. The lowest BCUT2D eigenvalue weighted by atomic mass is 10.2. The molecule has 0 aliphatic carbocycles. The highest BCUT2D eigenvalue weighted by Gasteiger charge is 2.35. The van der Waals surface area contributed by atoms with Gasteiger partial charge in [0, 0.05) is 4.47 Å². The molecule has 0 spiro atoms. The first-order valence-electron chi connectivity index (χ1n) is 7.98. The highest BCUT2D eigenvalue weighted by Crippen LogP contribution is 2.35. The molecule has 6 nitrogen and oxygen atoms in total. The minimum atomic E-state index is -1.07. The number of carbonyl (C=O) groups is 3. The average molecular weight is 527 g/mol. The lowest BCUT2D eigenvalue weighted by molar-refractivity contribution is -0.139. The normalized spacial score (nSPS) is 15.4. The fourth-order valence-corrected chi connectivity index (χ4v) is 4.21. The molecule has 0 radical (unpaired) electrons. The third kappa shape index (κ3) is 4.84. The van der Waals surface area contributed by atoms with Crippen LogP contribution in [-0.4, -0.2) is 33.7 Å². The van der Waals surface area contributed by atoms with Crippen molar-refractivity contribution >= 4 is 66.8 Å². The van der Waals surface area contributed by atoms with Gasteiger partial charge in [0.1, 0.15) is 5.75 Å². The quantitative estimate of drug-likeness (QED) is 0.538. The molecule has 0 saturated carbocycles. The first kappa shape index (κ1) is 20.6. The number of hydrogen-bond donors (Lipinski definition) is 1. The van der Waals surface area contributed by atoms with E-state index in [0.29, 0.717) is 20.7 Å². The van der Waals surface area contributed by atoms with Crippen LogP contribution < -0.4 is 4.74 Å². The summed E-state index contributed by atoms with van der Waals surface area (Å²) in [6.45, 7) is -0.263. The SMILES string of the molecule is O=C(O)COc1ccc(/C=C2\SC(=O)N(Cc3ccccc3Br)C2=O)cc1Br. The second-order valence-electron chi connectivity index (χ2n) is 5.73. The van der Waals surface area contributed by atoms with Crippen molar-refractivity contribution in [1.29, 1.82) is 0 Å². The number of amides is 2. The molecule has 28 heavy (non-hydrogen) atoms. The van der Waals surface area contributed by atoms with Crippen molar-refractivity contribution in [3.63, 3.8) is 0 Å². The van der Waals surface area contributed by atoms with Crippen molar-refractivity contribution < 1.29 is 24.2 Å². The zero-order valence-electron chi connectivity index (χ0n) is 14.2. The van der Waals surface area contributed by atoms with Gasteiger partial charge in [-0.05, 0) is 63.1 Å². The molecule has 2 aromatic rings. The Hall–Kier alpha value is -2.10. The Labute approximate surface area is 181 Å². The number of thioether (sulfide) groups is 1. The lowest BCUT2D eigenvalue weighted by Crippen LogP contribution is -2.27. The average Bonchev–Trinajstić information content (AvgIpc) is 2.90. The van der Waals surface area contributed by atoms with Crippen molar-refractivity contribution in [3.8, 4) is 5.75 Å². The number of carbonyl (C=O) groups excluding carboxylic acids is 2. The zero-order valence-corrected chi connectivity index (χ0v) is 18.2. The van der Waals surface area contributed by atoms with Crippen LogP contribution in [0.15, 0.2) is 56.3 Å². The van der Waals surface area contributed by atoms with E-state index in [1.807, 2.05) is 24.3 Å². The van der Waals surface area contributed by atoms with E-state index in [1.165, 1.54) is 4.90 Å². The zero-order chi connectivity index (χ0) is 20.3. The molecule has 0 atom stereocenters. The number of nitrogens with zero attached hydrogens (tertiary/aromatic N) is 1. The molecule has 1 fully saturated rings. The molecule has 1 aliphatic rings. The second kappa shape index (κ2) is 8.93. The van der Waals surface area contributed by atoms with E-state index in [2.05, 4.69) is 31.9 Å². The highest BCUT2D eigenvalue weighted by atomic mass is 79.9. The van der Waals surface area contributed by atoms with Gasteiger partial charge in [0.2, 0.25) is 0 Å². The second-order valence-corrected chi connectivity index (χ2v) is 8.43. The maximum absolute atomic E-state index is 12.7. The van der Waals surface area contributed by atoms with Gasteiger partial charge in [-0.2, -0.15) is 0 Å². The minimum absolute atomic E-state index is 0.190. The van der Waals surface area contributed by atoms with Crippen LogP contribution >= 0.6 is 43.6 Å².